The molecule has 2 heterocycles. The van der Waals surface area contributed by atoms with Crippen molar-refractivity contribution in [1.29, 1.82) is 0 Å². The molecule has 2 aromatic heterocycles. The Bertz CT molecular complexity index is 483. The van der Waals surface area contributed by atoms with Gasteiger partial charge in [-0.25, -0.2) is 0 Å². The lowest BCUT2D eigenvalue weighted by Crippen LogP contribution is -2.19. The van der Waals surface area contributed by atoms with Crippen LogP contribution in [0.2, 0.25) is 0 Å². The lowest BCUT2D eigenvalue weighted by molar-refractivity contribution is 0.458. The van der Waals surface area contributed by atoms with Crippen LogP contribution in [0.5, 0.6) is 0 Å². The van der Waals surface area contributed by atoms with Gasteiger partial charge in [0.1, 0.15) is 0 Å². The van der Waals surface area contributed by atoms with E-state index in [0.717, 1.165) is 12.1 Å². The molecule has 6 nitrogen and oxygen atoms in total. The van der Waals surface area contributed by atoms with Gasteiger partial charge in [-0.2, -0.15) is 0 Å². The van der Waals surface area contributed by atoms with Crippen molar-refractivity contribution in [2.75, 3.05) is 11.9 Å². The third-order valence-electron chi connectivity index (χ3n) is 2.46. The number of hydrogen-bond donors (Lipinski definition) is 2. The van der Waals surface area contributed by atoms with Crippen molar-refractivity contribution in [1.82, 2.24) is 20.5 Å². The Morgan fingerprint density at radius 2 is 2.16 bits per heavy atom. The van der Waals surface area contributed by atoms with Crippen molar-refractivity contribution in [2.45, 2.75) is 26.9 Å². The molecule has 0 unspecified atom stereocenters. The van der Waals surface area contributed by atoms with Crippen LogP contribution in [0.1, 0.15) is 25.3 Å². The first-order chi connectivity index (χ1) is 9.24. The van der Waals surface area contributed by atoms with E-state index in [1.807, 2.05) is 12.1 Å². The van der Waals surface area contributed by atoms with Crippen molar-refractivity contribution in [2.24, 2.45) is 5.92 Å². The number of nitrogens with zero attached hydrogens (tertiary/aromatic N) is 3. The predicted octanol–water partition coefficient (Wildman–Crippen LogP) is 1.82. The van der Waals surface area contributed by atoms with Gasteiger partial charge in [-0.3, -0.25) is 4.98 Å². The van der Waals surface area contributed by atoms with E-state index < -0.39 is 0 Å². The second-order valence-electron chi connectivity index (χ2n) is 4.74. The van der Waals surface area contributed by atoms with E-state index in [-0.39, 0.29) is 0 Å². The minimum atomic E-state index is 0.435. The summed E-state index contributed by atoms with van der Waals surface area (Å²) in [6.45, 7) is 6.46. The summed E-state index contributed by atoms with van der Waals surface area (Å²) in [6.07, 6.45) is 3.54. The van der Waals surface area contributed by atoms with Crippen molar-refractivity contribution >= 4 is 6.01 Å². The van der Waals surface area contributed by atoms with Gasteiger partial charge in [0.15, 0.2) is 0 Å². The molecule has 0 amide bonds. The maximum absolute atomic E-state index is 5.47. The van der Waals surface area contributed by atoms with E-state index in [1.54, 1.807) is 12.4 Å². The fraction of sp³-hybridized carbons (Fsp3) is 0.462. The number of rotatable bonds is 7. The third-order valence-corrected chi connectivity index (χ3v) is 2.46. The van der Waals surface area contributed by atoms with Gasteiger partial charge in [0.25, 0.3) is 0 Å². The zero-order chi connectivity index (χ0) is 13.5. The van der Waals surface area contributed by atoms with Gasteiger partial charge in [0.05, 0.1) is 6.54 Å². The molecule has 2 rings (SSSR count). The average molecular weight is 261 g/mol. The van der Waals surface area contributed by atoms with E-state index in [1.165, 1.54) is 0 Å². The second-order valence-corrected chi connectivity index (χ2v) is 4.74. The minimum Gasteiger partial charge on any atom is -0.407 e. The van der Waals surface area contributed by atoms with Gasteiger partial charge in [-0.05, 0) is 24.1 Å². The smallest absolute Gasteiger partial charge is 0.315 e. The highest BCUT2D eigenvalue weighted by atomic mass is 16.4. The highest BCUT2D eigenvalue weighted by Crippen LogP contribution is 2.07. The van der Waals surface area contributed by atoms with Crippen LogP contribution in [0.25, 0.3) is 0 Å². The summed E-state index contributed by atoms with van der Waals surface area (Å²) in [5.41, 5.74) is 1.07. The Morgan fingerprint density at radius 1 is 1.26 bits per heavy atom. The number of hydrogen-bond acceptors (Lipinski definition) is 6. The zero-order valence-electron chi connectivity index (χ0n) is 11.3. The van der Waals surface area contributed by atoms with E-state index in [2.05, 4.69) is 39.7 Å². The first kappa shape index (κ1) is 13.5. The number of nitrogens with one attached hydrogen (secondary N) is 2. The molecule has 0 aromatic carbocycles. The van der Waals surface area contributed by atoms with E-state index in [4.69, 9.17) is 4.42 Å². The Morgan fingerprint density at radius 3 is 2.89 bits per heavy atom. The predicted molar refractivity (Wildman–Crippen MR) is 72.4 cm³/mol. The first-order valence-corrected chi connectivity index (χ1v) is 6.40. The Balaban J connectivity index is 1.77. The van der Waals surface area contributed by atoms with Crippen LogP contribution in [0.4, 0.5) is 6.01 Å². The van der Waals surface area contributed by atoms with Crippen LogP contribution < -0.4 is 10.6 Å². The van der Waals surface area contributed by atoms with Gasteiger partial charge < -0.3 is 15.1 Å². The minimum absolute atomic E-state index is 0.435. The molecular weight excluding hydrogens is 242 g/mol. The molecule has 2 aromatic rings. The molecule has 0 aliphatic carbocycles. The van der Waals surface area contributed by atoms with Gasteiger partial charge in [-0.1, -0.05) is 25.0 Å². The summed E-state index contributed by atoms with van der Waals surface area (Å²) < 4.78 is 5.47. The van der Waals surface area contributed by atoms with E-state index in [9.17, 15) is 0 Å². The Labute approximate surface area is 112 Å². The molecule has 2 N–H and O–H groups in total. The lowest BCUT2D eigenvalue weighted by atomic mass is 10.2. The highest BCUT2D eigenvalue weighted by Gasteiger charge is 2.05. The molecule has 0 radical (unpaired) electrons. The third kappa shape index (κ3) is 4.67. The molecule has 0 saturated carbocycles. The van der Waals surface area contributed by atoms with Crippen LogP contribution >= 0.6 is 0 Å². The summed E-state index contributed by atoms with van der Waals surface area (Å²) in [6, 6.07) is 4.32. The molecule has 0 bridgehead atoms. The topological polar surface area (TPSA) is 75.9 Å². The average Bonchev–Trinajstić information content (AvgIpc) is 2.85. The summed E-state index contributed by atoms with van der Waals surface area (Å²) in [5, 5.41) is 14.2. The first-order valence-electron chi connectivity index (χ1n) is 6.40. The molecule has 0 fully saturated rings. The quantitative estimate of drug-likeness (QED) is 0.792. The van der Waals surface area contributed by atoms with Crippen LogP contribution in [0.3, 0.4) is 0 Å². The molecule has 19 heavy (non-hydrogen) atoms. The number of pyridine rings is 1. The van der Waals surface area contributed by atoms with Gasteiger partial charge in [0, 0.05) is 18.9 Å². The molecule has 0 atom stereocenters. The Kier molecular flexibility index (Phi) is 4.85. The van der Waals surface area contributed by atoms with Crippen LogP contribution in [-0.2, 0) is 13.1 Å². The number of anilines is 1. The fourth-order valence-electron chi connectivity index (χ4n) is 1.54. The SMILES string of the molecule is CC(C)CNCc1nnc(NCc2cccnc2)o1. The van der Waals surface area contributed by atoms with Crippen LogP contribution in [0.15, 0.2) is 28.9 Å². The normalized spacial score (nSPS) is 10.9. The van der Waals surface area contributed by atoms with Crippen molar-refractivity contribution in [3.05, 3.63) is 36.0 Å². The van der Waals surface area contributed by atoms with Crippen molar-refractivity contribution in [3.8, 4) is 0 Å². The van der Waals surface area contributed by atoms with E-state index >= 15 is 0 Å². The fourth-order valence-corrected chi connectivity index (χ4v) is 1.54. The lowest BCUT2D eigenvalue weighted by Gasteiger charge is -2.03. The maximum Gasteiger partial charge on any atom is 0.315 e. The molecule has 0 spiro atoms. The monoisotopic (exact) mass is 261 g/mol. The Hall–Kier alpha value is -1.95. The molecule has 0 aliphatic rings. The van der Waals surface area contributed by atoms with Gasteiger partial charge >= 0.3 is 6.01 Å². The van der Waals surface area contributed by atoms with Crippen molar-refractivity contribution in [3.63, 3.8) is 0 Å². The zero-order valence-corrected chi connectivity index (χ0v) is 11.3. The van der Waals surface area contributed by atoms with Crippen LogP contribution in [0, 0.1) is 5.92 Å². The molecule has 102 valence electrons. The largest absolute Gasteiger partial charge is 0.407 e. The standard InChI is InChI=1S/C13H19N5O/c1-10(2)6-15-9-12-17-18-13(19-12)16-8-11-4-3-5-14-7-11/h3-5,7,10,15H,6,8-9H2,1-2H3,(H,16,18). The molecule has 0 aliphatic heterocycles. The summed E-state index contributed by atoms with van der Waals surface area (Å²) in [7, 11) is 0. The van der Waals surface area contributed by atoms with E-state index in [0.29, 0.717) is 30.9 Å². The molecule has 0 saturated heterocycles. The van der Waals surface area contributed by atoms with Gasteiger partial charge in [-0.15, -0.1) is 5.10 Å². The second kappa shape index (κ2) is 6.84. The summed E-state index contributed by atoms with van der Waals surface area (Å²) in [5.74, 6) is 1.19. The summed E-state index contributed by atoms with van der Waals surface area (Å²) in [4.78, 5) is 4.04. The maximum atomic E-state index is 5.47. The van der Waals surface area contributed by atoms with Crippen molar-refractivity contribution < 1.29 is 4.42 Å². The molecule has 6 heteroatoms. The molecular formula is C13H19N5O. The van der Waals surface area contributed by atoms with Crippen LogP contribution in [-0.4, -0.2) is 21.7 Å². The highest BCUT2D eigenvalue weighted by molar-refractivity contribution is 5.21. The van der Waals surface area contributed by atoms with Gasteiger partial charge in [0.2, 0.25) is 5.89 Å². The summed E-state index contributed by atoms with van der Waals surface area (Å²) >= 11 is 0. The number of aromatic nitrogens is 3.